The molecule has 8 atom stereocenters. The molecule has 0 spiro atoms. The maximum atomic E-state index is 2.76. The van der Waals surface area contributed by atoms with Crippen LogP contribution in [0.3, 0.4) is 0 Å². The van der Waals surface area contributed by atoms with Gasteiger partial charge < -0.3 is 0 Å². The van der Waals surface area contributed by atoms with Gasteiger partial charge in [0.15, 0.2) is 18.4 Å². The molecule has 0 unspecified atom stereocenters. The topological polar surface area (TPSA) is 3.88 Å². The molecule has 0 saturated heterocycles. The molecule has 3 saturated carbocycles. The highest BCUT2D eigenvalue weighted by molar-refractivity contribution is 5.25. The standard InChI is InChI=1S/C33H52N/c1-23(2)8-7-9-25(4)29-12-13-30-28-11-10-26-22-27(34-20-16-24(3)17-21-34)14-18-32(26,5)31(28)15-19-33(29,30)6/h10,16-17,20-21,23,25,27-31H,7-9,11-15,18-19,22H2,1-6H3/q+1/t25-,27-,28+,29-,30+,31+,32+,33-/m1/s1. The second-order valence-corrected chi connectivity index (χ2v) is 14.0. The summed E-state index contributed by atoms with van der Waals surface area (Å²) in [6, 6.07) is 5.22. The number of hydrogen-bond acceptors (Lipinski definition) is 0. The van der Waals surface area contributed by atoms with Crippen LogP contribution < -0.4 is 4.57 Å². The van der Waals surface area contributed by atoms with Crippen LogP contribution in [0.1, 0.15) is 117 Å². The third-order valence-corrected chi connectivity index (χ3v) is 11.7. The molecule has 0 amide bonds. The molecule has 1 heteroatoms. The Labute approximate surface area is 210 Å². The first kappa shape index (κ1) is 24.6. The molecule has 188 valence electrons. The Balaban J connectivity index is 1.30. The fraction of sp³-hybridized carbons (Fsp3) is 0.788. The Morgan fingerprint density at radius 1 is 0.941 bits per heavy atom. The van der Waals surface area contributed by atoms with Gasteiger partial charge in [-0.15, -0.1) is 0 Å². The summed E-state index contributed by atoms with van der Waals surface area (Å²) >= 11 is 0. The van der Waals surface area contributed by atoms with E-state index >= 15 is 0 Å². The zero-order chi connectivity index (χ0) is 24.1. The van der Waals surface area contributed by atoms with Crippen molar-refractivity contribution in [3.63, 3.8) is 0 Å². The summed E-state index contributed by atoms with van der Waals surface area (Å²) in [6.07, 6.45) is 23.1. The van der Waals surface area contributed by atoms with E-state index in [0.717, 1.165) is 35.5 Å². The molecule has 0 aliphatic heterocycles. The van der Waals surface area contributed by atoms with Crippen molar-refractivity contribution in [3.05, 3.63) is 41.7 Å². The van der Waals surface area contributed by atoms with Gasteiger partial charge in [0.1, 0.15) is 0 Å². The van der Waals surface area contributed by atoms with Crippen LogP contribution in [0, 0.1) is 53.3 Å². The lowest BCUT2D eigenvalue weighted by molar-refractivity contribution is -0.725. The van der Waals surface area contributed by atoms with Crippen molar-refractivity contribution in [1.29, 1.82) is 0 Å². The number of aryl methyl sites for hydroxylation is 1. The van der Waals surface area contributed by atoms with Crippen molar-refractivity contribution in [1.82, 2.24) is 0 Å². The number of pyridine rings is 1. The van der Waals surface area contributed by atoms with Crippen molar-refractivity contribution >= 4 is 0 Å². The van der Waals surface area contributed by atoms with Crippen LogP contribution in [0.4, 0.5) is 0 Å². The fourth-order valence-electron chi connectivity index (χ4n) is 9.68. The molecule has 1 heterocycles. The number of allylic oxidation sites excluding steroid dienone is 2. The van der Waals surface area contributed by atoms with E-state index in [0.29, 0.717) is 16.9 Å². The minimum Gasteiger partial charge on any atom is -0.202 e. The minimum atomic E-state index is 0.465. The van der Waals surface area contributed by atoms with Crippen molar-refractivity contribution in [2.24, 2.45) is 46.3 Å². The Morgan fingerprint density at radius 3 is 2.44 bits per heavy atom. The second kappa shape index (κ2) is 9.40. The molecule has 4 aliphatic carbocycles. The van der Waals surface area contributed by atoms with Crippen LogP contribution in [-0.2, 0) is 0 Å². The van der Waals surface area contributed by atoms with Gasteiger partial charge in [0.25, 0.3) is 0 Å². The van der Waals surface area contributed by atoms with Crippen molar-refractivity contribution in [3.8, 4) is 0 Å². The van der Waals surface area contributed by atoms with Gasteiger partial charge in [-0.05, 0) is 97.3 Å². The summed E-state index contributed by atoms with van der Waals surface area (Å²) in [6.45, 7) is 15.0. The number of nitrogens with zero attached hydrogens (tertiary/aromatic N) is 1. The number of hydrogen-bond donors (Lipinski definition) is 0. The van der Waals surface area contributed by atoms with Crippen LogP contribution >= 0.6 is 0 Å². The Bertz CT molecular complexity index is 880. The molecule has 1 nitrogen and oxygen atoms in total. The van der Waals surface area contributed by atoms with Gasteiger partial charge in [0.05, 0.1) is 0 Å². The van der Waals surface area contributed by atoms with Crippen molar-refractivity contribution in [2.45, 2.75) is 118 Å². The Hall–Kier alpha value is -1.11. The lowest BCUT2D eigenvalue weighted by Gasteiger charge is -2.58. The Morgan fingerprint density at radius 2 is 1.71 bits per heavy atom. The summed E-state index contributed by atoms with van der Waals surface area (Å²) in [4.78, 5) is 0. The lowest BCUT2D eigenvalue weighted by Crippen LogP contribution is -2.52. The average molecular weight is 463 g/mol. The zero-order valence-corrected chi connectivity index (χ0v) is 23.2. The molecule has 5 rings (SSSR count). The molecule has 1 aromatic rings. The third-order valence-electron chi connectivity index (χ3n) is 11.7. The average Bonchev–Trinajstić information content (AvgIpc) is 3.16. The van der Waals surface area contributed by atoms with E-state index < -0.39 is 0 Å². The van der Waals surface area contributed by atoms with E-state index in [2.05, 4.69) is 76.7 Å². The van der Waals surface area contributed by atoms with Gasteiger partial charge in [-0.3, -0.25) is 0 Å². The van der Waals surface area contributed by atoms with Crippen molar-refractivity contribution < 1.29 is 4.57 Å². The van der Waals surface area contributed by atoms with Gasteiger partial charge in [-0.1, -0.05) is 65.5 Å². The minimum absolute atomic E-state index is 0.465. The SMILES string of the molecule is Cc1cc[n+]([C@@H]2CC[C@@]3(C)C(=CC[C@H]4[C@@H]5CC[C@H]([C@H](C)CCCC(C)C)[C@@]5(C)CC[C@@H]43)C2)cc1. The second-order valence-electron chi connectivity index (χ2n) is 14.0. The highest BCUT2D eigenvalue weighted by atomic mass is 15.0. The molecule has 0 aromatic carbocycles. The maximum Gasteiger partial charge on any atom is 0.169 e. The highest BCUT2D eigenvalue weighted by Gasteiger charge is 2.59. The summed E-state index contributed by atoms with van der Waals surface area (Å²) in [5.74, 6) is 5.60. The lowest BCUT2D eigenvalue weighted by atomic mass is 9.47. The number of rotatable bonds is 6. The molecule has 34 heavy (non-hydrogen) atoms. The molecule has 3 fully saturated rings. The zero-order valence-electron chi connectivity index (χ0n) is 23.2. The molecule has 0 radical (unpaired) electrons. The van der Waals surface area contributed by atoms with Crippen LogP contribution in [-0.4, -0.2) is 0 Å². The van der Waals surface area contributed by atoms with E-state index in [1.165, 1.54) is 76.2 Å². The van der Waals surface area contributed by atoms with E-state index in [-0.39, 0.29) is 0 Å². The maximum absolute atomic E-state index is 2.76. The summed E-state index contributed by atoms with van der Waals surface area (Å²) in [7, 11) is 0. The smallest absolute Gasteiger partial charge is 0.169 e. The number of aromatic nitrogens is 1. The van der Waals surface area contributed by atoms with Gasteiger partial charge in [-0.2, -0.15) is 0 Å². The Kier molecular flexibility index (Phi) is 6.80. The predicted molar refractivity (Wildman–Crippen MR) is 143 cm³/mol. The van der Waals surface area contributed by atoms with Gasteiger partial charge in [0.2, 0.25) is 0 Å². The largest absolute Gasteiger partial charge is 0.202 e. The first-order valence-corrected chi connectivity index (χ1v) is 14.9. The van der Waals surface area contributed by atoms with Crippen molar-refractivity contribution in [2.75, 3.05) is 0 Å². The van der Waals surface area contributed by atoms with Gasteiger partial charge in [-0.25, -0.2) is 4.57 Å². The van der Waals surface area contributed by atoms with E-state index in [9.17, 15) is 0 Å². The van der Waals surface area contributed by atoms with Crippen LogP contribution in [0.25, 0.3) is 0 Å². The van der Waals surface area contributed by atoms with Crippen LogP contribution in [0.2, 0.25) is 0 Å². The number of fused-ring (bicyclic) bond motifs is 5. The summed E-state index contributed by atoms with van der Waals surface area (Å²) < 4.78 is 2.50. The van der Waals surface area contributed by atoms with Gasteiger partial charge in [0, 0.05) is 25.0 Å². The summed E-state index contributed by atoms with van der Waals surface area (Å²) in [5, 5.41) is 0. The van der Waals surface area contributed by atoms with Crippen LogP contribution in [0.15, 0.2) is 36.2 Å². The van der Waals surface area contributed by atoms with Crippen LogP contribution in [0.5, 0.6) is 0 Å². The van der Waals surface area contributed by atoms with E-state index in [4.69, 9.17) is 0 Å². The van der Waals surface area contributed by atoms with E-state index in [1.807, 2.05) is 5.57 Å². The quantitative estimate of drug-likeness (QED) is 0.293. The normalized spacial score (nSPS) is 40.3. The first-order valence-electron chi connectivity index (χ1n) is 14.9. The highest BCUT2D eigenvalue weighted by Crippen LogP contribution is 2.67. The van der Waals surface area contributed by atoms with E-state index in [1.54, 1.807) is 0 Å². The third kappa shape index (κ3) is 4.22. The van der Waals surface area contributed by atoms with Gasteiger partial charge >= 0.3 is 0 Å². The predicted octanol–water partition coefficient (Wildman–Crippen LogP) is 8.87. The molecule has 1 aromatic heterocycles. The molecule has 0 bridgehead atoms. The first-order chi connectivity index (χ1) is 16.2. The fourth-order valence-corrected chi connectivity index (χ4v) is 9.68. The molecular formula is C33H52N+. The summed E-state index contributed by atoms with van der Waals surface area (Å²) in [5.41, 5.74) is 4.26. The molecular weight excluding hydrogens is 410 g/mol. The monoisotopic (exact) mass is 462 g/mol. The molecule has 4 aliphatic rings. The molecule has 0 N–H and O–H groups in total.